The highest BCUT2D eigenvalue weighted by Crippen LogP contribution is 2.24. The van der Waals surface area contributed by atoms with E-state index in [0.717, 1.165) is 4.47 Å². The van der Waals surface area contributed by atoms with Crippen LogP contribution in [-0.2, 0) is 0 Å². The Kier molecular flexibility index (Phi) is 4.94. The Morgan fingerprint density at radius 1 is 1.26 bits per heavy atom. The molecule has 2 rings (SSSR count). The molecule has 0 bridgehead atoms. The smallest absolute Gasteiger partial charge is 0.258 e. The van der Waals surface area contributed by atoms with Gasteiger partial charge in [0.2, 0.25) is 0 Å². The highest BCUT2D eigenvalue weighted by molar-refractivity contribution is 9.11. The molecule has 19 heavy (non-hydrogen) atoms. The van der Waals surface area contributed by atoms with E-state index >= 15 is 0 Å². The number of aromatic nitrogens is 2. The van der Waals surface area contributed by atoms with Gasteiger partial charge in [0.05, 0.1) is 16.8 Å². The molecular weight excluding hydrogens is 465 g/mol. The number of carbonyl (C=O) groups is 1. The Morgan fingerprint density at radius 2 is 2.00 bits per heavy atom. The molecule has 1 aromatic carbocycles. The molecule has 0 unspecified atom stereocenters. The van der Waals surface area contributed by atoms with Gasteiger partial charge in [0.15, 0.2) is 5.82 Å². The van der Waals surface area contributed by atoms with Crippen molar-refractivity contribution in [3.63, 3.8) is 0 Å². The van der Waals surface area contributed by atoms with E-state index in [1.165, 1.54) is 6.20 Å². The Balaban J connectivity index is 2.28. The summed E-state index contributed by atoms with van der Waals surface area (Å²) in [6.07, 6.45) is 1.49. The third-order valence-electron chi connectivity index (χ3n) is 2.11. The topological polar surface area (TPSA) is 54.9 Å². The number of amides is 1. The number of anilines is 1. The van der Waals surface area contributed by atoms with Crippen molar-refractivity contribution < 1.29 is 4.79 Å². The lowest BCUT2D eigenvalue weighted by atomic mass is 10.2. The third-order valence-corrected chi connectivity index (χ3v) is 3.86. The number of hydrogen-bond acceptors (Lipinski definition) is 3. The number of nitrogens with zero attached hydrogens (tertiary/aromatic N) is 2. The first kappa shape index (κ1) is 14.9. The molecule has 0 radical (unpaired) electrons. The molecule has 0 aliphatic heterocycles. The Labute approximate surface area is 139 Å². The summed E-state index contributed by atoms with van der Waals surface area (Å²) in [5.41, 5.74) is 0.354. The maximum atomic E-state index is 12.1. The van der Waals surface area contributed by atoms with Crippen LogP contribution in [0, 0.1) is 0 Å². The second-order valence-electron chi connectivity index (χ2n) is 3.41. The zero-order valence-corrected chi connectivity index (χ0v) is 14.6. The van der Waals surface area contributed by atoms with E-state index in [1.54, 1.807) is 18.2 Å². The molecule has 0 saturated heterocycles. The fourth-order valence-electron chi connectivity index (χ4n) is 1.28. The Morgan fingerprint density at radius 3 is 2.68 bits per heavy atom. The van der Waals surface area contributed by atoms with Crippen LogP contribution >= 0.6 is 59.4 Å². The minimum atomic E-state index is -0.358. The van der Waals surface area contributed by atoms with Crippen LogP contribution in [0.2, 0.25) is 5.02 Å². The fraction of sp³-hybridized carbons (Fsp3) is 0. The number of halogens is 4. The summed E-state index contributed by atoms with van der Waals surface area (Å²) in [6.45, 7) is 0. The van der Waals surface area contributed by atoms with Crippen LogP contribution in [0.25, 0.3) is 0 Å². The van der Waals surface area contributed by atoms with Crippen LogP contribution < -0.4 is 5.32 Å². The molecule has 4 nitrogen and oxygen atoms in total. The van der Waals surface area contributed by atoms with Crippen LogP contribution in [0.5, 0.6) is 0 Å². The first-order valence-corrected chi connectivity index (χ1v) is 7.67. The van der Waals surface area contributed by atoms with Crippen LogP contribution in [0.1, 0.15) is 10.4 Å². The highest BCUT2D eigenvalue weighted by atomic mass is 79.9. The number of benzene rings is 1. The zero-order valence-electron chi connectivity index (χ0n) is 9.12. The average molecular weight is 470 g/mol. The molecular formula is C11H5Br3ClN3O. The summed E-state index contributed by atoms with van der Waals surface area (Å²) in [6, 6.07) is 5.04. The average Bonchev–Trinajstić information content (AvgIpc) is 2.35. The normalized spacial score (nSPS) is 10.3. The van der Waals surface area contributed by atoms with Crippen LogP contribution in [0.3, 0.4) is 0 Å². The highest BCUT2D eigenvalue weighted by Gasteiger charge is 2.14. The second kappa shape index (κ2) is 6.30. The van der Waals surface area contributed by atoms with Crippen LogP contribution in [-0.4, -0.2) is 15.9 Å². The molecule has 1 amide bonds. The molecule has 1 heterocycles. The molecule has 0 spiro atoms. The molecule has 0 fully saturated rings. The predicted octanol–water partition coefficient (Wildman–Crippen LogP) is 4.67. The molecule has 98 valence electrons. The third kappa shape index (κ3) is 3.75. The molecule has 2 aromatic rings. The number of hydrogen-bond donors (Lipinski definition) is 1. The van der Waals surface area contributed by atoms with E-state index in [9.17, 15) is 4.79 Å². The molecule has 0 atom stereocenters. The van der Waals surface area contributed by atoms with E-state index in [-0.39, 0.29) is 5.91 Å². The molecule has 0 aliphatic rings. The first-order valence-electron chi connectivity index (χ1n) is 4.92. The van der Waals surface area contributed by atoms with Gasteiger partial charge in [0, 0.05) is 4.47 Å². The van der Waals surface area contributed by atoms with Crippen LogP contribution in [0.15, 0.2) is 38.1 Å². The van der Waals surface area contributed by atoms with Gasteiger partial charge < -0.3 is 5.32 Å². The monoisotopic (exact) mass is 467 g/mol. The van der Waals surface area contributed by atoms with Gasteiger partial charge in [-0.1, -0.05) is 27.5 Å². The van der Waals surface area contributed by atoms with Crippen molar-refractivity contribution in [3.05, 3.63) is 48.7 Å². The van der Waals surface area contributed by atoms with Gasteiger partial charge in [-0.3, -0.25) is 4.79 Å². The van der Waals surface area contributed by atoms with Crippen molar-refractivity contribution in [2.24, 2.45) is 0 Å². The lowest BCUT2D eigenvalue weighted by Gasteiger charge is -2.07. The van der Waals surface area contributed by atoms with Crippen molar-refractivity contribution in [3.8, 4) is 0 Å². The standard InChI is InChI=1S/C11H5Br3ClN3O/c12-5-1-2-7(15)6(3-5)11(19)18-10-9(14)17-8(13)4-16-10/h1-4H,(H,16,18,19). The minimum absolute atomic E-state index is 0.323. The summed E-state index contributed by atoms with van der Waals surface area (Å²) in [7, 11) is 0. The van der Waals surface area contributed by atoms with Gasteiger partial charge in [0.25, 0.3) is 5.91 Å². The Hall–Kier alpha value is -0.500. The van der Waals surface area contributed by atoms with Crippen molar-refractivity contribution in [2.75, 3.05) is 5.32 Å². The fourth-order valence-corrected chi connectivity index (χ4v) is 2.75. The summed E-state index contributed by atoms with van der Waals surface area (Å²) in [4.78, 5) is 20.2. The van der Waals surface area contributed by atoms with E-state index < -0.39 is 0 Å². The van der Waals surface area contributed by atoms with Gasteiger partial charge in [-0.05, 0) is 50.1 Å². The molecule has 1 aromatic heterocycles. The van der Waals surface area contributed by atoms with E-state index in [2.05, 4.69) is 63.1 Å². The summed E-state index contributed by atoms with van der Waals surface area (Å²) in [5.74, 6) is -0.0344. The lowest BCUT2D eigenvalue weighted by molar-refractivity contribution is 0.102. The number of rotatable bonds is 2. The first-order chi connectivity index (χ1) is 8.97. The van der Waals surface area contributed by atoms with E-state index in [0.29, 0.717) is 25.6 Å². The summed E-state index contributed by atoms with van der Waals surface area (Å²) < 4.78 is 1.77. The molecule has 0 aliphatic carbocycles. The van der Waals surface area contributed by atoms with E-state index in [1.807, 2.05) is 0 Å². The summed E-state index contributed by atoms with van der Waals surface area (Å²) in [5, 5.41) is 3.00. The predicted molar refractivity (Wildman–Crippen MR) is 84.5 cm³/mol. The lowest BCUT2D eigenvalue weighted by Crippen LogP contribution is -2.14. The molecule has 1 N–H and O–H groups in total. The molecule has 0 saturated carbocycles. The molecule has 8 heteroatoms. The van der Waals surface area contributed by atoms with Gasteiger partial charge in [-0.2, -0.15) is 0 Å². The maximum absolute atomic E-state index is 12.1. The van der Waals surface area contributed by atoms with Crippen LogP contribution in [0.4, 0.5) is 5.82 Å². The number of carbonyl (C=O) groups excluding carboxylic acids is 1. The second-order valence-corrected chi connectivity index (χ2v) is 6.30. The Bertz CT molecular complexity index is 651. The SMILES string of the molecule is O=C(Nc1ncc(Br)nc1Br)c1cc(Br)ccc1Cl. The van der Waals surface area contributed by atoms with Gasteiger partial charge in [0.1, 0.15) is 9.21 Å². The van der Waals surface area contributed by atoms with Crippen molar-refractivity contribution in [1.29, 1.82) is 0 Å². The minimum Gasteiger partial charge on any atom is -0.304 e. The zero-order chi connectivity index (χ0) is 14.0. The van der Waals surface area contributed by atoms with Crippen molar-refractivity contribution in [1.82, 2.24) is 9.97 Å². The van der Waals surface area contributed by atoms with Gasteiger partial charge in [-0.15, -0.1) is 0 Å². The largest absolute Gasteiger partial charge is 0.304 e. The summed E-state index contributed by atoms with van der Waals surface area (Å²) >= 11 is 15.7. The maximum Gasteiger partial charge on any atom is 0.258 e. The quantitative estimate of drug-likeness (QED) is 0.694. The van der Waals surface area contributed by atoms with E-state index in [4.69, 9.17) is 11.6 Å². The van der Waals surface area contributed by atoms with Gasteiger partial charge in [-0.25, -0.2) is 9.97 Å². The van der Waals surface area contributed by atoms with Crippen molar-refractivity contribution >= 4 is 71.1 Å². The van der Waals surface area contributed by atoms with Gasteiger partial charge >= 0.3 is 0 Å². The number of nitrogens with one attached hydrogen (secondary N) is 1. The van der Waals surface area contributed by atoms with Crippen molar-refractivity contribution in [2.45, 2.75) is 0 Å².